The second kappa shape index (κ2) is 8.10. The van der Waals surface area contributed by atoms with Crippen molar-refractivity contribution in [1.82, 2.24) is 14.3 Å². The molecule has 4 rings (SSSR count). The van der Waals surface area contributed by atoms with Crippen LogP contribution in [0.5, 0.6) is 0 Å². The summed E-state index contributed by atoms with van der Waals surface area (Å²) in [6, 6.07) is 14.6. The van der Waals surface area contributed by atoms with Crippen LogP contribution >= 0.6 is 11.6 Å². The molecule has 0 radical (unpaired) electrons. The van der Waals surface area contributed by atoms with Crippen molar-refractivity contribution in [2.75, 3.05) is 12.4 Å². The van der Waals surface area contributed by atoms with E-state index in [9.17, 15) is 8.42 Å². The Morgan fingerprint density at radius 2 is 1.97 bits per heavy atom. The SMILES string of the molecule is CNCc1cn(S(=O)(=O)c2cccnc2)c2cc(Nc3ccc(C)cc3Cl)ccc12. The van der Waals surface area contributed by atoms with Crippen LogP contribution in [0.15, 0.2) is 72.0 Å². The summed E-state index contributed by atoms with van der Waals surface area (Å²) >= 11 is 6.35. The van der Waals surface area contributed by atoms with Crippen LogP contribution in [0, 0.1) is 6.92 Å². The Balaban J connectivity index is 1.85. The zero-order valence-electron chi connectivity index (χ0n) is 16.6. The van der Waals surface area contributed by atoms with Gasteiger partial charge in [0.05, 0.1) is 16.2 Å². The summed E-state index contributed by atoms with van der Waals surface area (Å²) in [5, 5.41) is 7.84. The molecule has 0 atom stereocenters. The van der Waals surface area contributed by atoms with Crippen molar-refractivity contribution in [2.45, 2.75) is 18.4 Å². The topological polar surface area (TPSA) is 76.0 Å². The van der Waals surface area contributed by atoms with Crippen LogP contribution in [0.3, 0.4) is 0 Å². The van der Waals surface area contributed by atoms with E-state index < -0.39 is 10.0 Å². The lowest BCUT2D eigenvalue weighted by molar-refractivity contribution is 0.588. The van der Waals surface area contributed by atoms with Gasteiger partial charge in [-0.05, 0) is 61.5 Å². The molecule has 0 saturated carbocycles. The first kappa shape index (κ1) is 20.4. The third kappa shape index (κ3) is 3.79. The van der Waals surface area contributed by atoms with Gasteiger partial charge in [-0.1, -0.05) is 23.7 Å². The van der Waals surface area contributed by atoms with Crippen LogP contribution in [-0.4, -0.2) is 24.4 Å². The van der Waals surface area contributed by atoms with Crippen molar-refractivity contribution in [3.63, 3.8) is 0 Å². The van der Waals surface area contributed by atoms with Crippen molar-refractivity contribution < 1.29 is 8.42 Å². The molecule has 0 fully saturated rings. The summed E-state index contributed by atoms with van der Waals surface area (Å²) < 4.78 is 27.9. The highest BCUT2D eigenvalue weighted by Crippen LogP contribution is 2.31. The lowest BCUT2D eigenvalue weighted by atomic mass is 10.1. The summed E-state index contributed by atoms with van der Waals surface area (Å²) in [6.07, 6.45) is 4.56. The van der Waals surface area contributed by atoms with Crippen LogP contribution in [0.4, 0.5) is 11.4 Å². The normalized spacial score (nSPS) is 11.7. The molecule has 0 unspecified atom stereocenters. The molecule has 2 heterocycles. The number of fused-ring (bicyclic) bond motifs is 1. The van der Waals surface area contributed by atoms with Gasteiger partial charge in [-0.15, -0.1) is 0 Å². The third-order valence-corrected chi connectivity index (χ3v) is 6.79. The van der Waals surface area contributed by atoms with E-state index in [2.05, 4.69) is 15.6 Å². The Kier molecular flexibility index (Phi) is 5.51. The summed E-state index contributed by atoms with van der Waals surface area (Å²) in [5.41, 5.74) is 4.03. The molecule has 2 N–H and O–H groups in total. The average molecular weight is 441 g/mol. The number of hydrogen-bond donors (Lipinski definition) is 2. The Morgan fingerprint density at radius 1 is 1.13 bits per heavy atom. The maximum atomic E-state index is 13.3. The third-order valence-electron chi connectivity index (χ3n) is 4.82. The van der Waals surface area contributed by atoms with E-state index in [1.807, 2.05) is 50.4 Å². The van der Waals surface area contributed by atoms with Gasteiger partial charge in [0.15, 0.2) is 0 Å². The molecule has 30 heavy (non-hydrogen) atoms. The molecular formula is C22H21ClN4O2S. The highest BCUT2D eigenvalue weighted by atomic mass is 35.5. The standard InChI is InChI=1S/C22H21ClN4O2S/c1-15-5-8-21(20(23)10-15)26-17-6-7-19-16(12-24-2)14-27(22(19)11-17)30(28,29)18-4-3-9-25-13-18/h3-11,13-14,24,26H,12H2,1-2H3. The first-order chi connectivity index (χ1) is 14.4. The van der Waals surface area contributed by atoms with Gasteiger partial charge in [-0.2, -0.15) is 0 Å². The summed E-state index contributed by atoms with van der Waals surface area (Å²) in [6.45, 7) is 2.52. The predicted molar refractivity (Wildman–Crippen MR) is 121 cm³/mol. The molecule has 0 aliphatic heterocycles. The number of hydrogen-bond acceptors (Lipinski definition) is 5. The number of aromatic nitrogens is 2. The first-order valence-corrected chi connectivity index (χ1v) is 11.2. The first-order valence-electron chi connectivity index (χ1n) is 9.37. The lowest BCUT2D eigenvalue weighted by Crippen LogP contribution is -2.12. The number of halogens is 1. The molecule has 0 bridgehead atoms. The van der Waals surface area contributed by atoms with E-state index in [1.54, 1.807) is 24.5 Å². The Hall–Kier alpha value is -2.87. The van der Waals surface area contributed by atoms with E-state index in [4.69, 9.17) is 11.6 Å². The highest BCUT2D eigenvalue weighted by molar-refractivity contribution is 7.90. The van der Waals surface area contributed by atoms with Crippen LogP contribution in [0.2, 0.25) is 5.02 Å². The zero-order valence-corrected chi connectivity index (χ0v) is 18.1. The molecule has 154 valence electrons. The van der Waals surface area contributed by atoms with Gasteiger partial charge >= 0.3 is 0 Å². The molecule has 0 aliphatic rings. The lowest BCUT2D eigenvalue weighted by Gasteiger charge is -2.11. The monoisotopic (exact) mass is 440 g/mol. The van der Waals surface area contributed by atoms with E-state index in [1.165, 1.54) is 10.2 Å². The van der Waals surface area contributed by atoms with E-state index >= 15 is 0 Å². The number of aryl methyl sites for hydroxylation is 1. The van der Waals surface area contributed by atoms with E-state index in [-0.39, 0.29) is 4.90 Å². The Labute approximate surface area is 180 Å². The van der Waals surface area contributed by atoms with Gasteiger partial charge in [0.2, 0.25) is 0 Å². The fraction of sp³-hybridized carbons (Fsp3) is 0.136. The van der Waals surface area contributed by atoms with Crippen molar-refractivity contribution in [3.05, 3.63) is 83.3 Å². The molecule has 0 amide bonds. The van der Waals surface area contributed by atoms with Gasteiger partial charge < -0.3 is 10.6 Å². The molecule has 2 aromatic heterocycles. The Morgan fingerprint density at radius 3 is 2.67 bits per heavy atom. The minimum Gasteiger partial charge on any atom is -0.354 e. The molecule has 2 aromatic carbocycles. The summed E-state index contributed by atoms with van der Waals surface area (Å²) in [5.74, 6) is 0. The van der Waals surface area contributed by atoms with Crippen LogP contribution in [0.1, 0.15) is 11.1 Å². The second-order valence-electron chi connectivity index (χ2n) is 7.01. The molecular weight excluding hydrogens is 420 g/mol. The summed E-state index contributed by atoms with van der Waals surface area (Å²) in [4.78, 5) is 4.09. The molecule has 8 heteroatoms. The Bertz CT molecular complexity index is 1320. The highest BCUT2D eigenvalue weighted by Gasteiger charge is 2.21. The van der Waals surface area contributed by atoms with Gasteiger partial charge in [-0.3, -0.25) is 4.98 Å². The second-order valence-corrected chi connectivity index (χ2v) is 9.24. The van der Waals surface area contributed by atoms with Crippen LogP contribution in [-0.2, 0) is 16.6 Å². The van der Waals surface area contributed by atoms with Crippen LogP contribution < -0.4 is 10.6 Å². The minimum atomic E-state index is -3.79. The molecule has 6 nitrogen and oxygen atoms in total. The van der Waals surface area contributed by atoms with Crippen molar-refractivity contribution in [1.29, 1.82) is 0 Å². The maximum absolute atomic E-state index is 13.3. The quantitative estimate of drug-likeness (QED) is 0.454. The fourth-order valence-corrected chi connectivity index (χ4v) is 4.99. The number of rotatable bonds is 6. The predicted octanol–water partition coefficient (Wildman–Crippen LogP) is 4.70. The van der Waals surface area contributed by atoms with Crippen molar-refractivity contribution in [2.24, 2.45) is 0 Å². The largest absolute Gasteiger partial charge is 0.354 e. The maximum Gasteiger partial charge on any atom is 0.269 e. The smallest absolute Gasteiger partial charge is 0.269 e. The van der Waals surface area contributed by atoms with E-state index in [0.29, 0.717) is 17.1 Å². The number of nitrogens with zero attached hydrogens (tertiary/aromatic N) is 2. The number of anilines is 2. The fourth-order valence-electron chi connectivity index (χ4n) is 3.36. The summed E-state index contributed by atoms with van der Waals surface area (Å²) in [7, 11) is -1.97. The number of pyridine rings is 1. The number of benzene rings is 2. The molecule has 0 saturated heterocycles. The van der Waals surface area contributed by atoms with E-state index in [0.717, 1.165) is 27.9 Å². The van der Waals surface area contributed by atoms with Crippen molar-refractivity contribution >= 4 is 43.9 Å². The number of nitrogens with one attached hydrogen (secondary N) is 2. The molecule has 0 aliphatic carbocycles. The molecule has 0 spiro atoms. The van der Waals surface area contributed by atoms with Crippen LogP contribution in [0.25, 0.3) is 10.9 Å². The van der Waals surface area contributed by atoms with Gasteiger partial charge in [0.1, 0.15) is 4.90 Å². The minimum absolute atomic E-state index is 0.137. The average Bonchev–Trinajstić information content (AvgIpc) is 3.10. The van der Waals surface area contributed by atoms with Gasteiger partial charge in [0.25, 0.3) is 10.0 Å². The van der Waals surface area contributed by atoms with Gasteiger partial charge in [0, 0.05) is 36.2 Å². The zero-order chi connectivity index (χ0) is 21.3. The van der Waals surface area contributed by atoms with Gasteiger partial charge in [-0.25, -0.2) is 12.4 Å². The van der Waals surface area contributed by atoms with Crippen molar-refractivity contribution in [3.8, 4) is 0 Å². The molecule has 4 aromatic rings.